The van der Waals surface area contributed by atoms with Crippen LogP contribution in [0.4, 0.5) is 9.59 Å². The number of nitrogens with one attached hydrogen (secondary N) is 2. The summed E-state index contributed by atoms with van der Waals surface area (Å²) in [6.07, 6.45) is 1.89. The Labute approximate surface area is 257 Å². The summed E-state index contributed by atoms with van der Waals surface area (Å²) in [5, 5.41) is 2.49. The van der Waals surface area contributed by atoms with Crippen molar-refractivity contribution < 1.29 is 28.7 Å². The number of aromatic amines is 1. The molecule has 1 saturated heterocycles. The summed E-state index contributed by atoms with van der Waals surface area (Å²) in [7, 11) is 0. The number of aromatic nitrogens is 2. The number of imidazole rings is 1. The van der Waals surface area contributed by atoms with Crippen molar-refractivity contribution in [2.45, 2.75) is 59.1 Å². The highest BCUT2D eigenvalue weighted by molar-refractivity contribution is 5.99. The summed E-state index contributed by atoms with van der Waals surface area (Å²) in [6, 6.07) is 15.0. The second-order valence-electron chi connectivity index (χ2n) is 12.3. The molecule has 0 aliphatic carbocycles. The van der Waals surface area contributed by atoms with Crippen molar-refractivity contribution in [2.24, 2.45) is 17.6 Å². The van der Waals surface area contributed by atoms with E-state index in [9.17, 15) is 19.2 Å². The molecule has 11 nitrogen and oxygen atoms in total. The number of amides is 3. The number of ether oxygens (including phenoxy) is 2. The highest BCUT2D eigenvalue weighted by Crippen LogP contribution is 2.34. The van der Waals surface area contributed by atoms with Crippen LogP contribution >= 0.6 is 0 Å². The molecule has 0 bridgehead atoms. The molecule has 1 aliphatic heterocycles. The van der Waals surface area contributed by atoms with Crippen LogP contribution in [0.15, 0.2) is 54.7 Å². The molecule has 2 atom stereocenters. The lowest BCUT2D eigenvalue weighted by molar-refractivity contribution is -0.139. The monoisotopic (exact) mass is 603 g/mol. The molecule has 4 N–H and O–H groups in total. The lowest BCUT2D eigenvalue weighted by atomic mass is 9.95. The van der Waals surface area contributed by atoms with Gasteiger partial charge in [0.2, 0.25) is 5.91 Å². The van der Waals surface area contributed by atoms with E-state index in [4.69, 9.17) is 15.2 Å². The smallest absolute Gasteiger partial charge is 0.408 e. The van der Waals surface area contributed by atoms with Gasteiger partial charge >= 0.3 is 12.2 Å². The van der Waals surface area contributed by atoms with Crippen molar-refractivity contribution in [1.82, 2.24) is 20.2 Å². The molecule has 234 valence electrons. The average molecular weight is 604 g/mol. The fourth-order valence-electron chi connectivity index (χ4n) is 5.16. The quantitative estimate of drug-likeness (QED) is 0.259. The van der Waals surface area contributed by atoms with Gasteiger partial charge in [-0.1, -0.05) is 62.4 Å². The molecule has 2 heterocycles. The molecule has 2 unspecified atom stereocenters. The van der Waals surface area contributed by atoms with E-state index < -0.39 is 23.7 Å². The predicted molar refractivity (Wildman–Crippen MR) is 166 cm³/mol. The van der Waals surface area contributed by atoms with E-state index >= 15 is 0 Å². The molecular formula is C33H41N5O6. The van der Waals surface area contributed by atoms with E-state index in [-0.39, 0.29) is 36.8 Å². The van der Waals surface area contributed by atoms with Gasteiger partial charge in [0.1, 0.15) is 18.0 Å². The lowest BCUT2D eigenvalue weighted by Crippen LogP contribution is -2.40. The molecule has 1 aromatic heterocycles. The molecule has 0 spiro atoms. The van der Waals surface area contributed by atoms with E-state index in [1.54, 1.807) is 39.1 Å². The molecule has 11 heteroatoms. The third-order valence-corrected chi connectivity index (χ3v) is 7.50. The Morgan fingerprint density at radius 1 is 1.02 bits per heavy atom. The van der Waals surface area contributed by atoms with E-state index in [0.717, 1.165) is 41.1 Å². The molecule has 1 fully saturated rings. The van der Waals surface area contributed by atoms with Crippen LogP contribution in [0.25, 0.3) is 22.4 Å². The molecule has 2 aromatic carbocycles. The van der Waals surface area contributed by atoms with Gasteiger partial charge in [0, 0.05) is 12.1 Å². The number of benzene rings is 2. The number of hydrogen-bond donors (Lipinski definition) is 3. The number of alkyl carbamates (subject to hydrolysis) is 1. The number of primary amides is 1. The normalized spacial score (nSPS) is 15.6. The van der Waals surface area contributed by atoms with Crippen molar-refractivity contribution in [1.29, 1.82) is 0 Å². The molecular weight excluding hydrogens is 562 g/mol. The van der Waals surface area contributed by atoms with Crippen LogP contribution in [-0.4, -0.2) is 64.0 Å². The Bertz CT molecular complexity index is 1470. The minimum atomic E-state index is -0.889. The molecule has 1 aliphatic rings. The Kier molecular flexibility index (Phi) is 10.1. The van der Waals surface area contributed by atoms with Gasteiger partial charge in [-0.3, -0.25) is 9.59 Å². The van der Waals surface area contributed by atoms with E-state index in [2.05, 4.69) is 15.3 Å². The third kappa shape index (κ3) is 8.24. The van der Waals surface area contributed by atoms with Crippen LogP contribution in [0.3, 0.4) is 0 Å². The summed E-state index contributed by atoms with van der Waals surface area (Å²) >= 11 is 0. The molecule has 4 rings (SSSR count). The van der Waals surface area contributed by atoms with Gasteiger partial charge in [-0.05, 0) is 56.2 Å². The maximum Gasteiger partial charge on any atom is 0.408 e. The number of rotatable bonds is 10. The van der Waals surface area contributed by atoms with Crippen molar-refractivity contribution in [2.75, 3.05) is 19.7 Å². The van der Waals surface area contributed by atoms with Crippen molar-refractivity contribution in [3.63, 3.8) is 0 Å². The Balaban J connectivity index is 1.39. The topological polar surface area (TPSA) is 157 Å². The third-order valence-electron chi connectivity index (χ3n) is 7.50. The number of likely N-dealkylation sites (tertiary alicyclic amines) is 1. The first-order valence-electron chi connectivity index (χ1n) is 14.8. The molecule has 3 amide bonds. The number of carbonyl (C=O) groups excluding carboxylic acids is 4. The standard InChI is InChI=1S/C33H41N5O6/c1-20(2)25(19-43-31(34)41)30(40)38-16-6-7-27(38)29-35-17-26(37-29)23-12-8-21(9-13-23)22-10-14-24(15-11-22)28(39)18-36-32(42)44-33(3,4)5/h8-15,17,20,25,27H,6-7,16,18-19H2,1-5H3,(H2,34,41)(H,35,37)(H,36,42). The van der Waals surface area contributed by atoms with Gasteiger partial charge in [-0.2, -0.15) is 0 Å². The number of nitrogens with two attached hydrogens (primary N) is 1. The summed E-state index contributed by atoms with van der Waals surface area (Å²) in [4.78, 5) is 58.7. The molecule has 0 radical (unpaired) electrons. The molecule has 3 aromatic rings. The zero-order chi connectivity index (χ0) is 32.0. The Hall–Kier alpha value is -4.67. The van der Waals surface area contributed by atoms with Gasteiger partial charge in [-0.25, -0.2) is 14.6 Å². The number of H-pyrrole nitrogens is 1. The number of carbonyl (C=O) groups is 4. The number of Topliss-reactive ketones (excluding diaryl/α,β-unsaturated/α-hetero) is 1. The largest absolute Gasteiger partial charge is 0.449 e. The van der Waals surface area contributed by atoms with Gasteiger partial charge in [0.05, 0.1) is 30.4 Å². The summed E-state index contributed by atoms with van der Waals surface area (Å²) < 4.78 is 10.1. The maximum atomic E-state index is 13.4. The Morgan fingerprint density at radius 2 is 1.64 bits per heavy atom. The Morgan fingerprint density at radius 3 is 2.23 bits per heavy atom. The fraction of sp³-hybridized carbons (Fsp3) is 0.424. The highest BCUT2D eigenvalue weighted by atomic mass is 16.6. The van der Waals surface area contributed by atoms with Crippen molar-refractivity contribution in [3.05, 3.63) is 66.1 Å². The van der Waals surface area contributed by atoms with Crippen LogP contribution in [0, 0.1) is 11.8 Å². The van der Waals surface area contributed by atoms with Crippen LogP contribution in [-0.2, 0) is 14.3 Å². The van der Waals surface area contributed by atoms with E-state index in [1.165, 1.54) is 0 Å². The lowest BCUT2D eigenvalue weighted by Gasteiger charge is -2.29. The minimum Gasteiger partial charge on any atom is -0.449 e. The van der Waals surface area contributed by atoms with Gasteiger partial charge < -0.3 is 30.4 Å². The first kappa shape index (κ1) is 32.2. The first-order valence-corrected chi connectivity index (χ1v) is 14.8. The molecule has 0 saturated carbocycles. The second-order valence-corrected chi connectivity index (χ2v) is 12.3. The van der Waals surface area contributed by atoms with E-state index in [1.807, 2.05) is 55.1 Å². The minimum absolute atomic E-state index is 0.0216. The summed E-state index contributed by atoms with van der Waals surface area (Å²) in [5.74, 6) is -0.0698. The first-order chi connectivity index (χ1) is 20.8. The maximum absolute atomic E-state index is 13.4. The second kappa shape index (κ2) is 13.7. The van der Waals surface area contributed by atoms with Gasteiger partial charge in [0.15, 0.2) is 5.78 Å². The van der Waals surface area contributed by atoms with Crippen LogP contribution in [0.2, 0.25) is 0 Å². The van der Waals surface area contributed by atoms with Crippen molar-refractivity contribution >= 4 is 23.9 Å². The predicted octanol–water partition coefficient (Wildman–Crippen LogP) is 5.48. The molecule has 44 heavy (non-hydrogen) atoms. The average Bonchev–Trinajstić information content (AvgIpc) is 3.65. The SMILES string of the molecule is CC(C)C(COC(N)=O)C(=O)N1CCCC1c1ncc(-c2ccc(-c3ccc(C(=O)CNC(=O)OC(C)(C)C)cc3)cc2)[nH]1. The summed E-state index contributed by atoms with van der Waals surface area (Å²) in [5.41, 5.74) is 8.69. The van der Waals surface area contributed by atoms with Gasteiger partial charge in [-0.15, -0.1) is 0 Å². The van der Waals surface area contributed by atoms with Crippen LogP contribution < -0.4 is 11.1 Å². The fourth-order valence-corrected chi connectivity index (χ4v) is 5.16. The van der Waals surface area contributed by atoms with Gasteiger partial charge in [0.25, 0.3) is 0 Å². The number of hydrogen-bond acceptors (Lipinski definition) is 7. The number of ketones is 1. The number of nitrogens with zero attached hydrogens (tertiary/aromatic N) is 2. The van der Waals surface area contributed by atoms with E-state index in [0.29, 0.717) is 12.1 Å². The van der Waals surface area contributed by atoms with Crippen LogP contribution in [0.5, 0.6) is 0 Å². The van der Waals surface area contributed by atoms with Crippen molar-refractivity contribution in [3.8, 4) is 22.4 Å². The van der Waals surface area contributed by atoms with Crippen LogP contribution in [0.1, 0.15) is 69.7 Å². The zero-order valence-corrected chi connectivity index (χ0v) is 25.9. The summed E-state index contributed by atoms with van der Waals surface area (Å²) in [6.45, 7) is 9.54. The highest BCUT2D eigenvalue weighted by Gasteiger charge is 2.37. The zero-order valence-electron chi connectivity index (χ0n) is 25.9.